The maximum atomic E-state index is 11.2. The van der Waals surface area contributed by atoms with Gasteiger partial charge < -0.3 is 10.5 Å². The first kappa shape index (κ1) is 11.0. The summed E-state index contributed by atoms with van der Waals surface area (Å²) in [6.07, 6.45) is 0. The Labute approximate surface area is 85.8 Å². The van der Waals surface area contributed by atoms with Gasteiger partial charge in [-0.25, -0.2) is 0 Å². The number of nitro groups is 1. The molecule has 0 spiro atoms. The number of Topliss-reactive ketones (excluding diaryl/α,β-unsaturated/α-hetero) is 1. The molecule has 0 atom stereocenters. The van der Waals surface area contributed by atoms with E-state index in [2.05, 4.69) is 0 Å². The molecule has 0 saturated heterocycles. The Morgan fingerprint density at radius 1 is 1.53 bits per heavy atom. The van der Waals surface area contributed by atoms with E-state index in [0.29, 0.717) is 0 Å². The third kappa shape index (κ3) is 2.04. The highest BCUT2D eigenvalue weighted by Crippen LogP contribution is 2.30. The van der Waals surface area contributed by atoms with Crippen LogP contribution in [0.4, 0.5) is 11.4 Å². The van der Waals surface area contributed by atoms with Gasteiger partial charge in [0.05, 0.1) is 29.4 Å². The Morgan fingerprint density at radius 2 is 2.13 bits per heavy atom. The van der Waals surface area contributed by atoms with Crippen molar-refractivity contribution in [3.05, 3.63) is 27.8 Å². The number of hydrogen-bond acceptors (Lipinski definition) is 5. The average Bonchev–Trinajstić information content (AvgIpc) is 2.15. The summed E-state index contributed by atoms with van der Waals surface area (Å²) in [7, 11) is 1.32. The summed E-state index contributed by atoms with van der Waals surface area (Å²) in [4.78, 5) is 21.1. The zero-order valence-corrected chi connectivity index (χ0v) is 8.31. The lowest BCUT2D eigenvalue weighted by Crippen LogP contribution is -2.04. The predicted molar refractivity (Wildman–Crippen MR) is 54.1 cm³/mol. The first-order valence-corrected chi connectivity index (χ1v) is 4.10. The van der Waals surface area contributed by atoms with E-state index in [9.17, 15) is 14.9 Å². The number of nitro benzene ring substituents is 1. The van der Waals surface area contributed by atoms with Crippen molar-refractivity contribution >= 4 is 17.2 Å². The van der Waals surface area contributed by atoms with Crippen LogP contribution >= 0.6 is 0 Å². The number of nitrogens with zero attached hydrogens (tertiary/aromatic N) is 1. The molecule has 0 aromatic heterocycles. The molecule has 0 heterocycles. The molecule has 6 nitrogen and oxygen atoms in total. The number of nitrogen functional groups attached to an aromatic ring is 1. The Balaban J connectivity index is 3.43. The van der Waals surface area contributed by atoms with Gasteiger partial charge in [0.1, 0.15) is 5.75 Å². The summed E-state index contributed by atoms with van der Waals surface area (Å²) in [6.45, 7) is 1.32. The van der Waals surface area contributed by atoms with Crippen molar-refractivity contribution in [3.8, 4) is 5.75 Å². The molecule has 0 fully saturated rings. The number of ether oxygens (including phenoxy) is 1. The average molecular weight is 210 g/mol. The molecule has 0 aliphatic rings. The van der Waals surface area contributed by atoms with E-state index in [-0.39, 0.29) is 28.5 Å². The number of carbonyl (C=O) groups excluding carboxylic acids is 1. The summed E-state index contributed by atoms with van der Waals surface area (Å²) in [5.41, 5.74) is 5.55. The minimum Gasteiger partial charge on any atom is -0.496 e. The summed E-state index contributed by atoms with van der Waals surface area (Å²) >= 11 is 0. The van der Waals surface area contributed by atoms with Gasteiger partial charge in [-0.1, -0.05) is 0 Å². The van der Waals surface area contributed by atoms with Crippen LogP contribution in [0.3, 0.4) is 0 Å². The molecule has 15 heavy (non-hydrogen) atoms. The molecular formula is C9H10N2O4. The first-order chi connectivity index (χ1) is 6.97. The molecule has 0 unspecified atom stereocenters. The number of methoxy groups -OCH3 is 1. The Morgan fingerprint density at radius 3 is 2.53 bits per heavy atom. The van der Waals surface area contributed by atoms with E-state index in [1.807, 2.05) is 0 Å². The maximum Gasteiger partial charge on any atom is 0.275 e. The van der Waals surface area contributed by atoms with Crippen LogP contribution in [-0.4, -0.2) is 17.8 Å². The number of nitrogens with two attached hydrogens (primary N) is 1. The van der Waals surface area contributed by atoms with Crippen LogP contribution < -0.4 is 10.5 Å². The van der Waals surface area contributed by atoms with Gasteiger partial charge in [0, 0.05) is 6.07 Å². The molecule has 1 rings (SSSR count). The Hall–Kier alpha value is -2.11. The van der Waals surface area contributed by atoms with Crippen molar-refractivity contribution < 1.29 is 14.5 Å². The van der Waals surface area contributed by atoms with Crippen molar-refractivity contribution in [2.75, 3.05) is 12.8 Å². The van der Waals surface area contributed by atoms with E-state index in [1.54, 1.807) is 0 Å². The van der Waals surface area contributed by atoms with E-state index in [1.165, 1.54) is 20.1 Å². The fraction of sp³-hybridized carbons (Fsp3) is 0.222. The zero-order chi connectivity index (χ0) is 11.6. The van der Waals surface area contributed by atoms with Crippen LogP contribution in [0.2, 0.25) is 0 Å². The minimum atomic E-state index is -0.594. The lowest BCUT2D eigenvalue weighted by molar-refractivity contribution is -0.384. The van der Waals surface area contributed by atoms with Crippen LogP contribution in [0.5, 0.6) is 5.75 Å². The zero-order valence-electron chi connectivity index (χ0n) is 8.31. The molecule has 6 heteroatoms. The number of benzene rings is 1. The third-order valence-corrected chi connectivity index (χ3v) is 1.90. The smallest absolute Gasteiger partial charge is 0.275 e. The fourth-order valence-electron chi connectivity index (χ4n) is 1.27. The number of rotatable bonds is 3. The maximum absolute atomic E-state index is 11.2. The largest absolute Gasteiger partial charge is 0.496 e. The van der Waals surface area contributed by atoms with Gasteiger partial charge in [-0.15, -0.1) is 0 Å². The molecule has 1 aromatic carbocycles. The normalized spacial score (nSPS) is 9.73. The summed E-state index contributed by atoms with van der Waals surface area (Å²) in [5, 5.41) is 10.5. The monoisotopic (exact) mass is 210 g/mol. The van der Waals surface area contributed by atoms with Crippen LogP contribution in [0.15, 0.2) is 12.1 Å². The second-order valence-corrected chi connectivity index (χ2v) is 2.93. The quantitative estimate of drug-likeness (QED) is 0.352. The first-order valence-electron chi connectivity index (χ1n) is 4.10. The molecule has 0 bridgehead atoms. The number of carbonyl (C=O) groups is 1. The molecule has 2 N–H and O–H groups in total. The van der Waals surface area contributed by atoms with Crippen molar-refractivity contribution in [2.45, 2.75) is 6.92 Å². The molecule has 0 amide bonds. The second-order valence-electron chi connectivity index (χ2n) is 2.93. The van der Waals surface area contributed by atoms with Gasteiger partial charge >= 0.3 is 0 Å². The number of anilines is 1. The SMILES string of the molecule is COc1cc([N+](=O)[O-])cc(N)c1C(C)=O. The Kier molecular flexibility index (Phi) is 2.89. The lowest BCUT2D eigenvalue weighted by atomic mass is 10.1. The molecule has 0 radical (unpaired) electrons. The van der Waals surface area contributed by atoms with Crippen molar-refractivity contribution in [2.24, 2.45) is 0 Å². The highest BCUT2D eigenvalue weighted by molar-refractivity contribution is 6.02. The minimum absolute atomic E-state index is 0.0496. The highest BCUT2D eigenvalue weighted by Gasteiger charge is 2.18. The van der Waals surface area contributed by atoms with Gasteiger partial charge in [-0.2, -0.15) is 0 Å². The van der Waals surface area contributed by atoms with Gasteiger partial charge in [-0.05, 0) is 6.92 Å². The topological polar surface area (TPSA) is 95.5 Å². The van der Waals surface area contributed by atoms with Crippen LogP contribution in [-0.2, 0) is 0 Å². The van der Waals surface area contributed by atoms with Crippen LogP contribution in [0.25, 0.3) is 0 Å². The van der Waals surface area contributed by atoms with Gasteiger partial charge in [0.2, 0.25) is 0 Å². The van der Waals surface area contributed by atoms with Gasteiger partial charge in [-0.3, -0.25) is 14.9 Å². The number of ketones is 1. The van der Waals surface area contributed by atoms with E-state index in [0.717, 1.165) is 6.07 Å². The Bertz CT molecular complexity index is 428. The van der Waals surface area contributed by atoms with Crippen LogP contribution in [0, 0.1) is 10.1 Å². The molecular weight excluding hydrogens is 200 g/mol. The van der Waals surface area contributed by atoms with Crippen molar-refractivity contribution in [3.63, 3.8) is 0 Å². The third-order valence-electron chi connectivity index (χ3n) is 1.90. The molecule has 80 valence electrons. The van der Waals surface area contributed by atoms with Crippen molar-refractivity contribution in [1.29, 1.82) is 0 Å². The lowest BCUT2D eigenvalue weighted by Gasteiger charge is -2.08. The van der Waals surface area contributed by atoms with Crippen molar-refractivity contribution in [1.82, 2.24) is 0 Å². The van der Waals surface area contributed by atoms with Crippen LogP contribution in [0.1, 0.15) is 17.3 Å². The standard InChI is InChI=1S/C9H10N2O4/c1-5(12)9-7(10)3-6(11(13)14)4-8(9)15-2/h3-4H,10H2,1-2H3. The molecule has 0 saturated carbocycles. The summed E-state index contributed by atoms with van der Waals surface area (Å²) in [5.74, 6) is -0.173. The highest BCUT2D eigenvalue weighted by atomic mass is 16.6. The van der Waals surface area contributed by atoms with E-state index < -0.39 is 4.92 Å². The molecule has 0 aliphatic carbocycles. The summed E-state index contributed by atoms with van der Waals surface area (Å²) < 4.78 is 4.87. The number of hydrogen-bond donors (Lipinski definition) is 1. The second kappa shape index (κ2) is 3.95. The van der Waals surface area contributed by atoms with Gasteiger partial charge in [0.25, 0.3) is 5.69 Å². The predicted octanol–water partition coefficient (Wildman–Crippen LogP) is 1.39. The molecule has 0 aliphatic heterocycles. The van der Waals surface area contributed by atoms with E-state index in [4.69, 9.17) is 10.5 Å². The molecule has 1 aromatic rings. The summed E-state index contributed by atoms with van der Waals surface area (Å²) in [6, 6.07) is 2.31. The van der Waals surface area contributed by atoms with E-state index >= 15 is 0 Å². The van der Waals surface area contributed by atoms with Gasteiger partial charge in [0.15, 0.2) is 5.78 Å². The number of non-ortho nitro benzene ring substituents is 1. The fourth-order valence-corrected chi connectivity index (χ4v) is 1.27.